The third-order valence-corrected chi connectivity index (χ3v) is 11.9. The average Bonchev–Trinajstić information content (AvgIpc) is 3.87. The number of carboxylic acids is 1. The number of rotatable bonds is 9. The summed E-state index contributed by atoms with van der Waals surface area (Å²) in [5, 5.41) is 15.5. The first-order valence-corrected chi connectivity index (χ1v) is 18.1. The molecule has 3 aliphatic rings. The first kappa shape index (κ1) is 32.8. The second-order valence-electron chi connectivity index (χ2n) is 14.0. The molecule has 2 fully saturated rings. The van der Waals surface area contributed by atoms with Crippen LogP contribution < -0.4 is 5.32 Å². The summed E-state index contributed by atoms with van der Waals surface area (Å²) in [4.78, 5) is 45.9. The zero-order valence-corrected chi connectivity index (χ0v) is 29.8. The van der Waals surface area contributed by atoms with Crippen molar-refractivity contribution in [1.29, 1.82) is 0 Å². The molecule has 8 rings (SSSR count). The Morgan fingerprint density at radius 3 is 2.62 bits per heavy atom. The number of aliphatic carboxylic acids is 1. The van der Waals surface area contributed by atoms with Crippen molar-refractivity contribution >= 4 is 57.2 Å². The Balaban J connectivity index is 1.01. The van der Waals surface area contributed by atoms with Crippen molar-refractivity contribution in [2.75, 3.05) is 32.5 Å². The van der Waals surface area contributed by atoms with Crippen molar-refractivity contribution < 1.29 is 14.7 Å². The van der Waals surface area contributed by atoms with Gasteiger partial charge in [-0.2, -0.15) is 0 Å². The highest BCUT2D eigenvalue weighted by atomic mass is 35.5. The molecule has 0 spiro atoms. The summed E-state index contributed by atoms with van der Waals surface area (Å²) in [5.41, 5.74) is 7.63. The van der Waals surface area contributed by atoms with Crippen LogP contribution in [0.25, 0.3) is 32.6 Å². The molecule has 2 aliphatic heterocycles. The Morgan fingerprint density at radius 2 is 1.86 bits per heavy atom. The molecule has 3 aromatic heterocycles. The van der Waals surface area contributed by atoms with Crippen LogP contribution in [0.3, 0.4) is 0 Å². The maximum atomic E-state index is 12.6. The Morgan fingerprint density at radius 1 is 1.06 bits per heavy atom. The summed E-state index contributed by atoms with van der Waals surface area (Å²) in [6.45, 7) is 5.22. The van der Waals surface area contributed by atoms with Gasteiger partial charge in [-0.25, -0.2) is 9.97 Å². The van der Waals surface area contributed by atoms with Gasteiger partial charge in [0.05, 0.1) is 42.0 Å². The number of nitrogens with zero attached hydrogens (tertiary/aromatic N) is 6. The number of thiazole rings is 1. The van der Waals surface area contributed by atoms with E-state index in [0.717, 1.165) is 85.9 Å². The number of nitrogens with one attached hydrogen (secondary N) is 1. The molecule has 2 bridgehead atoms. The summed E-state index contributed by atoms with van der Waals surface area (Å²) < 4.78 is 0. The van der Waals surface area contributed by atoms with Crippen molar-refractivity contribution in [2.45, 2.75) is 45.4 Å². The van der Waals surface area contributed by atoms with Crippen molar-refractivity contribution in [3.8, 4) is 21.7 Å². The molecule has 5 aromatic rings. The monoisotopic (exact) mass is 707 g/mol. The van der Waals surface area contributed by atoms with Gasteiger partial charge in [0.15, 0.2) is 5.82 Å². The number of anilines is 2. The van der Waals surface area contributed by atoms with Crippen molar-refractivity contribution in [3.05, 3.63) is 87.6 Å². The van der Waals surface area contributed by atoms with Gasteiger partial charge in [0, 0.05) is 52.9 Å². The van der Waals surface area contributed by atoms with Gasteiger partial charge in [0.1, 0.15) is 10.5 Å². The molecule has 1 aliphatic carbocycles. The summed E-state index contributed by atoms with van der Waals surface area (Å²) in [6, 6.07) is 16.6. The second kappa shape index (κ2) is 13.0. The lowest BCUT2D eigenvalue weighted by Crippen LogP contribution is -2.37. The maximum absolute atomic E-state index is 12.6. The van der Waals surface area contributed by atoms with Crippen molar-refractivity contribution in [1.82, 2.24) is 29.7 Å². The standard InChI is InChI=1S/C38H38ClN7O3S/c1-21-26(6-4-7-27(21)37-43-31-18-46(19-32(31)50-37)33(47)20-44(2)3)28-8-5-9-30(34(28)39)42-36-35-23(10-11-40-36)12-22(15-41-35)16-45-17-24-13-25(45)14-29(24)38(48)49/h4-12,15,24-25,29H,13-14,16-20H2,1-3H3,(H,40,42)(H,48,49). The van der Waals surface area contributed by atoms with Crippen LogP contribution in [0.1, 0.15) is 34.5 Å². The molecule has 10 nitrogen and oxygen atoms in total. The Bertz CT molecular complexity index is 2130. The van der Waals surface area contributed by atoms with E-state index < -0.39 is 5.97 Å². The van der Waals surface area contributed by atoms with E-state index in [-0.39, 0.29) is 17.7 Å². The molecular formula is C38H38ClN7O3S. The van der Waals surface area contributed by atoms with Gasteiger partial charge in [-0.05, 0) is 74.7 Å². The van der Waals surface area contributed by atoms with Crippen LogP contribution in [0.5, 0.6) is 0 Å². The summed E-state index contributed by atoms with van der Waals surface area (Å²) >= 11 is 8.79. The first-order valence-electron chi connectivity index (χ1n) is 16.9. The number of amides is 1. The molecule has 256 valence electrons. The minimum atomic E-state index is -0.659. The molecular weight excluding hydrogens is 670 g/mol. The van der Waals surface area contributed by atoms with Gasteiger partial charge < -0.3 is 20.2 Å². The number of hydrogen-bond acceptors (Lipinski definition) is 9. The lowest BCUT2D eigenvalue weighted by atomic mass is 9.94. The predicted molar refractivity (Wildman–Crippen MR) is 196 cm³/mol. The highest BCUT2D eigenvalue weighted by molar-refractivity contribution is 7.15. The third-order valence-electron chi connectivity index (χ3n) is 10.4. The lowest BCUT2D eigenvalue weighted by molar-refractivity contribution is -0.144. The number of carbonyl (C=O) groups is 2. The highest BCUT2D eigenvalue weighted by Crippen LogP contribution is 2.44. The number of halogens is 1. The molecule has 0 radical (unpaired) electrons. The third kappa shape index (κ3) is 6.02. The van der Waals surface area contributed by atoms with Crippen molar-refractivity contribution in [2.24, 2.45) is 11.8 Å². The summed E-state index contributed by atoms with van der Waals surface area (Å²) in [7, 11) is 3.81. The van der Waals surface area contributed by atoms with Crippen LogP contribution in [0, 0.1) is 18.8 Å². The van der Waals surface area contributed by atoms with Crippen LogP contribution in [0.4, 0.5) is 11.5 Å². The van der Waals surface area contributed by atoms with Crippen LogP contribution >= 0.6 is 22.9 Å². The Labute approximate surface area is 299 Å². The molecule has 3 atom stereocenters. The minimum Gasteiger partial charge on any atom is -0.481 e. The van der Waals surface area contributed by atoms with Gasteiger partial charge in [0.25, 0.3) is 0 Å². The Kier molecular flexibility index (Phi) is 8.54. The molecule has 50 heavy (non-hydrogen) atoms. The zero-order chi connectivity index (χ0) is 34.7. The highest BCUT2D eigenvalue weighted by Gasteiger charge is 2.47. The normalized spacial score (nSPS) is 19.9. The number of piperidine rings is 1. The predicted octanol–water partition coefficient (Wildman–Crippen LogP) is 6.82. The number of pyridine rings is 2. The van der Waals surface area contributed by atoms with Gasteiger partial charge in [-0.1, -0.05) is 41.9 Å². The fraction of sp³-hybridized carbons (Fsp3) is 0.342. The molecule has 2 aromatic carbocycles. The topological polar surface area (TPSA) is 115 Å². The van der Waals surface area contributed by atoms with E-state index in [1.165, 1.54) is 0 Å². The smallest absolute Gasteiger partial charge is 0.306 e. The van der Waals surface area contributed by atoms with Gasteiger partial charge in [-0.15, -0.1) is 11.3 Å². The van der Waals surface area contributed by atoms with E-state index >= 15 is 0 Å². The van der Waals surface area contributed by atoms with Crippen LogP contribution in [0.2, 0.25) is 5.02 Å². The SMILES string of the molecule is Cc1c(-c2nc3c(s2)CN(C(=O)CN(C)C)C3)cccc1-c1cccc(Nc2nccc3cc(CN4CC5CC4CC5C(=O)O)cnc23)c1Cl. The molecule has 5 heterocycles. The number of aromatic nitrogens is 3. The van der Waals surface area contributed by atoms with Gasteiger partial charge >= 0.3 is 5.97 Å². The molecule has 2 N–H and O–H groups in total. The van der Waals surface area contributed by atoms with Gasteiger partial charge in [-0.3, -0.25) is 19.5 Å². The largest absolute Gasteiger partial charge is 0.481 e. The number of fused-ring (bicyclic) bond motifs is 4. The molecule has 1 amide bonds. The molecule has 1 saturated heterocycles. The van der Waals surface area contributed by atoms with Crippen LogP contribution in [0.15, 0.2) is 60.9 Å². The van der Waals surface area contributed by atoms with E-state index in [0.29, 0.717) is 36.5 Å². The second-order valence-corrected chi connectivity index (χ2v) is 15.4. The maximum Gasteiger partial charge on any atom is 0.306 e. The summed E-state index contributed by atoms with van der Waals surface area (Å²) in [6.07, 6.45) is 5.37. The molecule has 1 saturated carbocycles. The van der Waals surface area contributed by atoms with Gasteiger partial charge in [0.2, 0.25) is 5.91 Å². The van der Waals surface area contributed by atoms with E-state index in [9.17, 15) is 14.7 Å². The average molecular weight is 708 g/mol. The Hall–Kier alpha value is -4.42. The number of likely N-dealkylation sites (N-methyl/N-ethyl adjacent to an activating group) is 1. The number of benzene rings is 2. The quantitative estimate of drug-likeness (QED) is 0.170. The first-order chi connectivity index (χ1) is 24.1. The number of hydrogen-bond donors (Lipinski definition) is 2. The number of likely N-dealkylation sites (tertiary alicyclic amines) is 1. The fourth-order valence-electron chi connectivity index (χ4n) is 7.89. The summed E-state index contributed by atoms with van der Waals surface area (Å²) in [5.74, 6) is 0.112. The van der Waals surface area contributed by atoms with Crippen LogP contribution in [-0.4, -0.2) is 79.9 Å². The van der Waals surface area contributed by atoms with Crippen LogP contribution in [-0.2, 0) is 29.2 Å². The van der Waals surface area contributed by atoms with E-state index in [1.54, 1.807) is 17.5 Å². The molecule has 3 unspecified atom stereocenters. The fourth-order valence-corrected chi connectivity index (χ4v) is 9.33. The lowest BCUT2D eigenvalue weighted by Gasteiger charge is -2.29. The van der Waals surface area contributed by atoms with E-state index in [4.69, 9.17) is 21.6 Å². The van der Waals surface area contributed by atoms with E-state index in [2.05, 4.69) is 40.3 Å². The van der Waals surface area contributed by atoms with Crippen molar-refractivity contribution in [3.63, 3.8) is 0 Å². The minimum absolute atomic E-state index is 0.116. The zero-order valence-electron chi connectivity index (χ0n) is 28.2. The van der Waals surface area contributed by atoms with E-state index in [1.807, 2.05) is 60.4 Å². The number of carbonyl (C=O) groups excluding carboxylic acids is 1. The number of carboxylic acid groups (broad SMARTS) is 1. The molecule has 12 heteroatoms.